The number of nitrogens with one attached hydrogen (secondary N) is 1. The molecule has 0 heterocycles. The van der Waals surface area contributed by atoms with E-state index < -0.39 is 24.5 Å². The van der Waals surface area contributed by atoms with Crippen LogP contribution in [0.25, 0.3) is 0 Å². The molecule has 0 aliphatic heterocycles. The molecule has 0 saturated heterocycles. The Morgan fingerprint density at radius 1 is 0.958 bits per heavy atom. The van der Waals surface area contributed by atoms with E-state index in [1.165, 1.54) is 0 Å². The Kier molecular flexibility index (Phi) is 5.54. The highest BCUT2D eigenvalue weighted by molar-refractivity contribution is 9.10. The number of carboxylic acids is 2. The highest BCUT2D eigenvalue weighted by atomic mass is 79.9. The Bertz CT molecular complexity index is 755. The second kappa shape index (κ2) is 7.60. The predicted octanol–water partition coefficient (Wildman–Crippen LogP) is 2.86. The van der Waals surface area contributed by atoms with Crippen molar-refractivity contribution in [2.24, 2.45) is 0 Å². The summed E-state index contributed by atoms with van der Waals surface area (Å²) in [5, 5.41) is 20.6. The number of hydrogen-bond donors (Lipinski definition) is 3. The average molecular weight is 394 g/mol. The van der Waals surface area contributed by atoms with Gasteiger partial charge in [0.1, 0.15) is 5.75 Å². The Labute approximate surface area is 145 Å². The van der Waals surface area contributed by atoms with Crippen LogP contribution in [0.2, 0.25) is 0 Å². The van der Waals surface area contributed by atoms with Gasteiger partial charge in [0, 0.05) is 10.2 Å². The maximum absolute atomic E-state index is 11.8. The molecule has 0 aliphatic rings. The molecule has 7 nitrogen and oxygen atoms in total. The molecular formula is C16H12BrNO6. The lowest BCUT2D eigenvalue weighted by Gasteiger charge is -2.09. The third kappa shape index (κ3) is 4.82. The summed E-state index contributed by atoms with van der Waals surface area (Å²) in [5.74, 6) is -3.06. The van der Waals surface area contributed by atoms with E-state index in [1.54, 1.807) is 24.3 Å². The highest BCUT2D eigenvalue weighted by Crippen LogP contribution is 2.18. The summed E-state index contributed by atoms with van der Waals surface area (Å²) in [6.07, 6.45) is 0. The van der Waals surface area contributed by atoms with E-state index in [2.05, 4.69) is 21.2 Å². The van der Waals surface area contributed by atoms with Crippen LogP contribution < -0.4 is 10.1 Å². The van der Waals surface area contributed by atoms with E-state index in [9.17, 15) is 14.4 Å². The van der Waals surface area contributed by atoms with Crippen LogP contribution >= 0.6 is 15.9 Å². The molecule has 24 heavy (non-hydrogen) atoms. The number of carbonyl (C=O) groups excluding carboxylic acids is 1. The minimum absolute atomic E-state index is 0.0155. The van der Waals surface area contributed by atoms with Gasteiger partial charge in [-0.1, -0.05) is 15.9 Å². The van der Waals surface area contributed by atoms with Gasteiger partial charge in [-0.25, -0.2) is 9.59 Å². The fraction of sp³-hybridized carbons (Fsp3) is 0.0625. The molecule has 2 aromatic rings. The number of rotatable bonds is 6. The van der Waals surface area contributed by atoms with Crippen LogP contribution in [0.1, 0.15) is 20.7 Å². The van der Waals surface area contributed by atoms with Crippen molar-refractivity contribution in [1.82, 2.24) is 0 Å². The topological polar surface area (TPSA) is 113 Å². The van der Waals surface area contributed by atoms with Gasteiger partial charge in [-0.3, -0.25) is 4.79 Å². The first-order valence-electron chi connectivity index (χ1n) is 6.65. The maximum Gasteiger partial charge on any atom is 0.335 e. The van der Waals surface area contributed by atoms with Crippen molar-refractivity contribution >= 4 is 39.5 Å². The zero-order valence-corrected chi connectivity index (χ0v) is 13.7. The van der Waals surface area contributed by atoms with Gasteiger partial charge < -0.3 is 20.3 Å². The summed E-state index contributed by atoms with van der Waals surface area (Å²) in [4.78, 5) is 33.8. The van der Waals surface area contributed by atoms with E-state index >= 15 is 0 Å². The SMILES string of the molecule is O=C(COc1cc(C(=O)O)cc(C(=O)O)c1)Nc1ccc(Br)cc1. The third-order valence-electron chi connectivity index (χ3n) is 2.90. The lowest BCUT2D eigenvalue weighted by atomic mass is 10.1. The van der Waals surface area contributed by atoms with Gasteiger partial charge in [-0.2, -0.15) is 0 Å². The lowest BCUT2D eigenvalue weighted by Crippen LogP contribution is -2.20. The van der Waals surface area contributed by atoms with Crippen molar-refractivity contribution in [3.63, 3.8) is 0 Å². The summed E-state index contributed by atoms with van der Waals surface area (Å²) >= 11 is 3.28. The predicted molar refractivity (Wildman–Crippen MR) is 88.6 cm³/mol. The standard InChI is InChI=1S/C16H12BrNO6/c17-11-1-3-12(4-2-11)18-14(19)8-24-13-6-9(15(20)21)5-10(7-13)16(22)23/h1-7H,8H2,(H,18,19)(H,20,21)(H,22,23). The van der Waals surface area contributed by atoms with Gasteiger partial charge in [0.2, 0.25) is 0 Å². The highest BCUT2D eigenvalue weighted by Gasteiger charge is 2.13. The first kappa shape index (κ1) is 17.5. The van der Waals surface area contributed by atoms with Crippen molar-refractivity contribution in [3.8, 4) is 5.75 Å². The van der Waals surface area contributed by atoms with E-state index in [-0.39, 0.29) is 16.9 Å². The second-order valence-electron chi connectivity index (χ2n) is 4.70. The normalized spacial score (nSPS) is 10.0. The Balaban J connectivity index is 2.05. The summed E-state index contributed by atoms with van der Waals surface area (Å²) < 4.78 is 6.06. The molecule has 0 radical (unpaired) electrons. The minimum atomic E-state index is -1.29. The number of carboxylic acid groups (broad SMARTS) is 2. The number of halogens is 1. The van der Waals surface area contributed by atoms with Crippen LogP contribution in [-0.4, -0.2) is 34.7 Å². The number of anilines is 1. The molecule has 0 aromatic heterocycles. The number of hydrogen-bond acceptors (Lipinski definition) is 4. The lowest BCUT2D eigenvalue weighted by molar-refractivity contribution is -0.118. The van der Waals surface area contributed by atoms with Gasteiger partial charge in [0.25, 0.3) is 5.91 Å². The molecule has 8 heteroatoms. The molecular weight excluding hydrogens is 382 g/mol. The summed E-state index contributed by atoms with van der Waals surface area (Å²) in [7, 11) is 0. The monoisotopic (exact) mass is 393 g/mol. The molecule has 0 bridgehead atoms. The summed E-state index contributed by atoms with van der Waals surface area (Å²) in [5.41, 5.74) is 0.0914. The van der Waals surface area contributed by atoms with Gasteiger partial charge in [0.05, 0.1) is 11.1 Å². The van der Waals surface area contributed by atoms with Crippen LogP contribution in [0, 0.1) is 0 Å². The molecule has 0 spiro atoms. The number of carbonyl (C=O) groups is 3. The average Bonchev–Trinajstić information content (AvgIpc) is 2.54. The molecule has 2 aromatic carbocycles. The van der Waals surface area contributed by atoms with Crippen LogP contribution in [0.3, 0.4) is 0 Å². The second-order valence-corrected chi connectivity index (χ2v) is 5.62. The largest absolute Gasteiger partial charge is 0.484 e. The molecule has 0 aliphatic carbocycles. The number of amides is 1. The first-order valence-corrected chi connectivity index (χ1v) is 7.44. The number of ether oxygens (including phenoxy) is 1. The molecule has 0 atom stereocenters. The molecule has 1 amide bonds. The molecule has 124 valence electrons. The van der Waals surface area contributed by atoms with Crippen molar-refractivity contribution in [3.05, 3.63) is 58.1 Å². The Morgan fingerprint density at radius 3 is 2.00 bits per heavy atom. The minimum Gasteiger partial charge on any atom is -0.484 e. The van der Waals surface area contributed by atoms with Crippen LogP contribution in [0.4, 0.5) is 5.69 Å². The van der Waals surface area contributed by atoms with Crippen molar-refractivity contribution in [2.45, 2.75) is 0 Å². The van der Waals surface area contributed by atoms with E-state index in [1.807, 2.05) is 0 Å². The quantitative estimate of drug-likeness (QED) is 0.695. The van der Waals surface area contributed by atoms with Crippen LogP contribution in [0.15, 0.2) is 46.9 Å². The molecule has 2 rings (SSSR count). The van der Waals surface area contributed by atoms with Gasteiger partial charge in [-0.05, 0) is 42.5 Å². The van der Waals surface area contributed by atoms with Crippen molar-refractivity contribution < 1.29 is 29.3 Å². The maximum atomic E-state index is 11.8. The van der Waals surface area contributed by atoms with Crippen molar-refractivity contribution in [1.29, 1.82) is 0 Å². The summed E-state index contributed by atoms with van der Waals surface area (Å²) in [6.45, 7) is -0.391. The van der Waals surface area contributed by atoms with Gasteiger partial charge in [-0.15, -0.1) is 0 Å². The molecule has 0 fully saturated rings. The smallest absolute Gasteiger partial charge is 0.335 e. The van der Waals surface area contributed by atoms with Crippen LogP contribution in [0.5, 0.6) is 5.75 Å². The number of benzene rings is 2. The van der Waals surface area contributed by atoms with Crippen LogP contribution in [-0.2, 0) is 4.79 Å². The fourth-order valence-corrected chi connectivity index (χ4v) is 2.07. The van der Waals surface area contributed by atoms with E-state index in [0.717, 1.165) is 22.7 Å². The van der Waals surface area contributed by atoms with Gasteiger partial charge >= 0.3 is 11.9 Å². The van der Waals surface area contributed by atoms with Crippen molar-refractivity contribution in [2.75, 3.05) is 11.9 Å². The third-order valence-corrected chi connectivity index (χ3v) is 3.43. The van der Waals surface area contributed by atoms with E-state index in [0.29, 0.717) is 5.69 Å². The van der Waals surface area contributed by atoms with E-state index in [4.69, 9.17) is 14.9 Å². The van der Waals surface area contributed by atoms with Gasteiger partial charge in [0.15, 0.2) is 6.61 Å². The Morgan fingerprint density at radius 2 is 1.50 bits per heavy atom. The molecule has 0 saturated carbocycles. The molecule has 0 unspecified atom stereocenters. The fourth-order valence-electron chi connectivity index (χ4n) is 1.81. The first-order chi connectivity index (χ1) is 11.3. The number of aromatic carboxylic acids is 2. The summed E-state index contributed by atoms with van der Waals surface area (Å²) in [6, 6.07) is 10.2. The molecule has 3 N–H and O–H groups in total. The zero-order chi connectivity index (χ0) is 17.7. The zero-order valence-electron chi connectivity index (χ0n) is 12.2. The Hall–Kier alpha value is -2.87.